The molecule has 1 unspecified atom stereocenters. The van der Waals surface area contributed by atoms with Crippen LogP contribution in [-0.4, -0.2) is 36.9 Å². The molecule has 0 aliphatic carbocycles. The first-order valence-corrected chi connectivity index (χ1v) is 14.3. The number of amides is 1. The van der Waals surface area contributed by atoms with E-state index in [9.17, 15) is 24.8 Å². The maximum Gasteiger partial charge on any atom is 0.296 e. The van der Waals surface area contributed by atoms with E-state index in [-0.39, 0.29) is 26.8 Å². The van der Waals surface area contributed by atoms with Crippen molar-refractivity contribution in [3.63, 3.8) is 0 Å². The minimum atomic E-state index is -1.16. The third kappa shape index (κ3) is 5.30. The fraction of sp³-hybridized carbons (Fsp3) is 0.160. The molecule has 1 atom stereocenters. The molecule has 1 aliphatic rings. The average molecular weight is 600 g/mol. The first-order valence-electron chi connectivity index (χ1n) is 11.3. The molecule has 5 rings (SSSR count). The minimum absolute atomic E-state index is 0.140. The number of benzene rings is 2. The van der Waals surface area contributed by atoms with Crippen LogP contribution in [0.4, 0.5) is 10.8 Å². The fourth-order valence-electron chi connectivity index (χ4n) is 4.11. The van der Waals surface area contributed by atoms with Crippen LogP contribution < -0.4 is 4.90 Å². The molecule has 0 spiro atoms. The summed E-state index contributed by atoms with van der Waals surface area (Å²) in [4.78, 5) is 43.8. The van der Waals surface area contributed by atoms with Crippen LogP contribution in [0, 0.1) is 24.0 Å². The highest BCUT2D eigenvalue weighted by molar-refractivity contribution is 8.00. The van der Waals surface area contributed by atoms with Crippen molar-refractivity contribution in [2.45, 2.75) is 30.0 Å². The molecule has 3 heterocycles. The van der Waals surface area contributed by atoms with E-state index < -0.39 is 28.4 Å². The van der Waals surface area contributed by atoms with Crippen molar-refractivity contribution in [1.29, 1.82) is 0 Å². The van der Waals surface area contributed by atoms with Crippen molar-refractivity contribution in [3.8, 4) is 0 Å². The van der Waals surface area contributed by atoms with Crippen molar-refractivity contribution in [1.82, 2.24) is 15.2 Å². The number of nitro benzene ring substituents is 1. The molecule has 1 amide bonds. The summed E-state index contributed by atoms with van der Waals surface area (Å²) < 4.78 is 0.554. The van der Waals surface area contributed by atoms with Crippen LogP contribution in [0.2, 0.25) is 5.02 Å². The van der Waals surface area contributed by atoms with E-state index in [1.54, 1.807) is 32.0 Å². The Balaban J connectivity index is 1.53. The van der Waals surface area contributed by atoms with Gasteiger partial charge >= 0.3 is 0 Å². The number of anilines is 1. The predicted molar refractivity (Wildman–Crippen MR) is 150 cm³/mol. The van der Waals surface area contributed by atoms with Gasteiger partial charge < -0.3 is 5.11 Å². The van der Waals surface area contributed by atoms with Crippen LogP contribution >= 0.6 is 46.0 Å². The van der Waals surface area contributed by atoms with Gasteiger partial charge in [0.05, 0.1) is 32.1 Å². The lowest BCUT2D eigenvalue weighted by Gasteiger charge is -2.23. The number of carbonyl (C=O) groups is 2. The molecule has 1 aliphatic heterocycles. The molecule has 10 nitrogen and oxygen atoms in total. The number of thiazole rings is 1. The molecule has 2 aromatic carbocycles. The summed E-state index contributed by atoms with van der Waals surface area (Å²) in [6.45, 7) is 3.41. The zero-order chi connectivity index (χ0) is 27.8. The van der Waals surface area contributed by atoms with Gasteiger partial charge in [-0.3, -0.25) is 24.6 Å². The molecule has 14 heteroatoms. The quantitative estimate of drug-likeness (QED) is 0.0818. The maximum absolute atomic E-state index is 13.7. The molecule has 198 valence electrons. The standard InChI is InChI=1S/C25H18ClN5O5S3/c1-12-22(38-13(2)27-12)20(32)18-19(15-4-3-5-17(10-15)31(35)36)30(23(34)21(18)33)24-28-29-25(39-24)37-11-14-6-8-16(26)9-7-14/h3-10,19,33H,11H2,1-2H3. The summed E-state index contributed by atoms with van der Waals surface area (Å²) in [5, 5.41) is 32.2. The van der Waals surface area contributed by atoms with Gasteiger partial charge in [-0.25, -0.2) is 4.98 Å². The van der Waals surface area contributed by atoms with E-state index in [2.05, 4.69) is 15.2 Å². The number of aliphatic hydroxyl groups is 1. The van der Waals surface area contributed by atoms with Crippen LogP contribution in [0.25, 0.3) is 0 Å². The van der Waals surface area contributed by atoms with E-state index >= 15 is 0 Å². The number of aromatic nitrogens is 3. The highest BCUT2D eigenvalue weighted by atomic mass is 35.5. The van der Waals surface area contributed by atoms with Crippen molar-refractivity contribution < 1.29 is 19.6 Å². The number of Topliss-reactive ketones (excluding diaryl/α,β-unsaturated/α-hetero) is 1. The number of hydrogen-bond donors (Lipinski definition) is 1. The zero-order valence-electron chi connectivity index (χ0n) is 20.3. The number of thioether (sulfide) groups is 1. The van der Waals surface area contributed by atoms with E-state index in [4.69, 9.17) is 11.6 Å². The van der Waals surface area contributed by atoms with Crippen molar-refractivity contribution >= 4 is 68.5 Å². The smallest absolute Gasteiger partial charge is 0.296 e. The van der Waals surface area contributed by atoms with Crippen LogP contribution in [0.3, 0.4) is 0 Å². The number of non-ortho nitro benzene ring substituents is 1. The molecule has 0 saturated carbocycles. The summed E-state index contributed by atoms with van der Waals surface area (Å²) in [5.41, 5.74) is 1.32. The summed E-state index contributed by atoms with van der Waals surface area (Å²) in [7, 11) is 0. The van der Waals surface area contributed by atoms with Crippen LogP contribution in [0.1, 0.15) is 37.5 Å². The molecular formula is C25H18ClN5O5S3. The van der Waals surface area contributed by atoms with E-state index in [0.29, 0.717) is 25.8 Å². The Labute approximate surface area is 239 Å². The van der Waals surface area contributed by atoms with Gasteiger partial charge in [0, 0.05) is 22.9 Å². The number of hydrogen-bond acceptors (Lipinski definition) is 11. The van der Waals surface area contributed by atoms with Gasteiger partial charge in [-0.05, 0) is 37.1 Å². The Morgan fingerprint density at radius 3 is 2.59 bits per heavy atom. The van der Waals surface area contributed by atoms with Crippen molar-refractivity contribution in [2.24, 2.45) is 0 Å². The lowest BCUT2D eigenvalue weighted by molar-refractivity contribution is -0.384. The van der Waals surface area contributed by atoms with Crippen LogP contribution in [-0.2, 0) is 10.5 Å². The third-order valence-corrected chi connectivity index (χ3v) is 9.29. The van der Waals surface area contributed by atoms with Gasteiger partial charge in [-0.15, -0.1) is 21.5 Å². The molecule has 0 bridgehead atoms. The lowest BCUT2D eigenvalue weighted by Crippen LogP contribution is -2.31. The van der Waals surface area contributed by atoms with E-state index in [1.807, 2.05) is 12.1 Å². The Bertz CT molecular complexity index is 1650. The Kier molecular flexibility index (Phi) is 7.49. The van der Waals surface area contributed by atoms with Gasteiger partial charge in [0.2, 0.25) is 10.9 Å². The number of nitro groups is 1. The lowest BCUT2D eigenvalue weighted by atomic mass is 9.95. The minimum Gasteiger partial charge on any atom is -0.503 e. The normalized spacial score (nSPS) is 15.3. The molecule has 0 radical (unpaired) electrons. The Morgan fingerprint density at radius 1 is 1.18 bits per heavy atom. The number of ketones is 1. The number of aryl methyl sites for hydroxylation is 2. The summed E-state index contributed by atoms with van der Waals surface area (Å²) in [6.07, 6.45) is 0. The first-order chi connectivity index (χ1) is 18.6. The van der Waals surface area contributed by atoms with Crippen LogP contribution in [0.5, 0.6) is 0 Å². The number of rotatable bonds is 8. The number of halogens is 1. The number of aliphatic hydroxyl groups excluding tert-OH is 1. The van der Waals surface area contributed by atoms with Gasteiger partial charge in [0.1, 0.15) is 0 Å². The SMILES string of the molecule is Cc1nc(C)c(C(=O)C2=C(O)C(=O)N(c3nnc(SCc4ccc(Cl)cc4)s3)C2c2cccc([N+](=O)[O-])c2)s1. The van der Waals surface area contributed by atoms with E-state index in [1.165, 1.54) is 30.0 Å². The second-order valence-corrected chi connectivity index (χ2v) is 12.3. The summed E-state index contributed by atoms with van der Waals surface area (Å²) >= 11 is 9.60. The number of carbonyl (C=O) groups excluding carboxylic acids is 2. The molecule has 39 heavy (non-hydrogen) atoms. The second-order valence-electron chi connectivity index (χ2n) is 8.43. The highest BCUT2D eigenvalue weighted by Crippen LogP contribution is 2.45. The summed E-state index contributed by atoms with van der Waals surface area (Å²) in [5.74, 6) is -1.60. The second kappa shape index (κ2) is 10.8. The molecular weight excluding hydrogens is 582 g/mol. The van der Waals surface area contributed by atoms with E-state index in [0.717, 1.165) is 33.1 Å². The molecule has 2 aromatic heterocycles. The predicted octanol–water partition coefficient (Wildman–Crippen LogP) is 6.25. The molecule has 0 fully saturated rings. The third-order valence-electron chi connectivity index (χ3n) is 5.84. The van der Waals surface area contributed by atoms with Gasteiger partial charge in [-0.2, -0.15) is 0 Å². The van der Waals surface area contributed by atoms with Crippen molar-refractivity contribution in [3.05, 3.63) is 102 Å². The molecule has 1 N–H and O–H groups in total. The average Bonchev–Trinajstić information content (AvgIpc) is 3.59. The highest BCUT2D eigenvalue weighted by Gasteiger charge is 2.47. The van der Waals surface area contributed by atoms with Gasteiger partial charge in [-0.1, -0.05) is 59.0 Å². The van der Waals surface area contributed by atoms with Crippen molar-refractivity contribution in [2.75, 3.05) is 4.90 Å². The van der Waals surface area contributed by atoms with Gasteiger partial charge in [0.25, 0.3) is 11.6 Å². The fourth-order valence-corrected chi connectivity index (χ4v) is 6.93. The van der Waals surface area contributed by atoms with Crippen LogP contribution in [0.15, 0.2) is 64.2 Å². The Morgan fingerprint density at radius 2 is 1.92 bits per heavy atom. The van der Waals surface area contributed by atoms with Gasteiger partial charge in [0.15, 0.2) is 10.1 Å². The molecule has 0 saturated heterocycles. The largest absolute Gasteiger partial charge is 0.503 e. The molecule has 4 aromatic rings. The Hall–Kier alpha value is -3.65. The number of nitrogens with zero attached hydrogens (tertiary/aromatic N) is 5. The first kappa shape index (κ1) is 26.9. The topological polar surface area (TPSA) is 139 Å². The monoisotopic (exact) mass is 599 g/mol. The summed E-state index contributed by atoms with van der Waals surface area (Å²) in [6, 6.07) is 11.8. The zero-order valence-corrected chi connectivity index (χ0v) is 23.5. The maximum atomic E-state index is 13.7.